The maximum atomic E-state index is 11.8. The van der Waals surface area contributed by atoms with Crippen LogP contribution in [-0.2, 0) is 9.53 Å². The van der Waals surface area contributed by atoms with Crippen molar-refractivity contribution in [3.63, 3.8) is 0 Å². The number of unbranched alkanes of at least 4 members (excludes halogenated alkanes) is 1. The van der Waals surface area contributed by atoms with Gasteiger partial charge in [-0.3, -0.25) is 4.79 Å². The smallest absolute Gasteiger partial charge is 0.305 e. The summed E-state index contributed by atoms with van der Waals surface area (Å²) in [5, 5.41) is 19.4. The molecule has 4 nitrogen and oxygen atoms in total. The van der Waals surface area contributed by atoms with Crippen molar-refractivity contribution >= 4 is 11.5 Å². The van der Waals surface area contributed by atoms with Crippen LogP contribution in [0.15, 0.2) is 54.1 Å². The zero-order valence-corrected chi connectivity index (χ0v) is 16.9. The number of phenolic OH excluding ortho intramolecular Hbond substituents is 2. The molecule has 1 atom stereocenters. The van der Waals surface area contributed by atoms with Crippen LogP contribution in [0, 0.1) is 5.92 Å². The molecule has 0 heterocycles. The Morgan fingerprint density at radius 1 is 0.929 bits per heavy atom. The summed E-state index contributed by atoms with van der Waals surface area (Å²) in [7, 11) is 1.41. The van der Waals surface area contributed by atoms with E-state index in [0.717, 1.165) is 36.0 Å². The van der Waals surface area contributed by atoms with E-state index in [1.54, 1.807) is 24.3 Å². The van der Waals surface area contributed by atoms with Gasteiger partial charge in [-0.2, -0.15) is 0 Å². The van der Waals surface area contributed by atoms with E-state index < -0.39 is 0 Å². The monoisotopic (exact) mass is 382 g/mol. The number of ether oxygens (including phenoxy) is 1. The van der Waals surface area contributed by atoms with E-state index in [9.17, 15) is 15.0 Å². The van der Waals surface area contributed by atoms with E-state index in [1.165, 1.54) is 12.7 Å². The summed E-state index contributed by atoms with van der Waals surface area (Å²) < 4.78 is 4.86. The second-order valence-electron chi connectivity index (χ2n) is 7.11. The third-order valence-electron chi connectivity index (χ3n) is 5.04. The van der Waals surface area contributed by atoms with Crippen molar-refractivity contribution in [3.05, 3.63) is 65.2 Å². The summed E-state index contributed by atoms with van der Waals surface area (Å²) in [5.74, 6) is 0.492. The van der Waals surface area contributed by atoms with Gasteiger partial charge >= 0.3 is 5.97 Å². The molecule has 0 saturated heterocycles. The lowest BCUT2D eigenvalue weighted by atomic mass is 9.83. The van der Waals surface area contributed by atoms with E-state index in [-0.39, 0.29) is 17.5 Å². The normalized spacial score (nSPS) is 11.7. The molecule has 0 radical (unpaired) electrons. The van der Waals surface area contributed by atoms with Crippen LogP contribution in [0.5, 0.6) is 11.5 Å². The van der Waals surface area contributed by atoms with Gasteiger partial charge in [0.15, 0.2) is 0 Å². The molecule has 2 aromatic rings. The van der Waals surface area contributed by atoms with Crippen molar-refractivity contribution in [1.82, 2.24) is 0 Å². The molecule has 0 saturated carbocycles. The van der Waals surface area contributed by atoms with Crippen molar-refractivity contribution < 1.29 is 19.7 Å². The molecule has 0 fully saturated rings. The van der Waals surface area contributed by atoms with Crippen LogP contribution in [0.4, 0.5) is 0 Å². The van der Waals surface area contributed by atoms with Gasteiger partial charge in [0.2, 0.25) is 0 Å². The van der Waals surface area contributed by atoms with Crippen LogP contribution in [0.3, 0.4) is 0 Å². The first-order chi connectivity index (χ1) is 13.5. The second kappa shape index (κ2) is 10.5. The average molecular weight is 383 g/mol. The standard InChI is InChI=1S/C24H30O4/c1-4-5-6-17(2)22(15-16-23(27)28-3)24(18-7-11-20(25)12-8-18)19-9-13-21(26)14-10-19/h7-14,17,25-26H,4-6,15-16H2,1-3H3/t17-/m0/s1. The largest absolute Gasteiger partial charge is 0.508 e. The summed E-state index contributed by atoms with van der Waals surface area (Å²) >= 11 is 0. The highest BCUT2D eigenvalue weighted by Crippen LogP contribution is 2.36. The minimum atomic E-state index is -0.226. The third-order valence-corrected chi connectivity index (χ3v) is 5.04. The first-order valence-electron chi connectivity index (χ1n) is 9.84. The number of phenols is 2. The topological polar surface area (TPSA) is 66.8 Å². The first-order valence-corrected chi connectivity index (χ1v) is 9.84. The van der Waals surface area contributed by atoms with Crippen LogP contribution < -0.4 is 0 Å². The van der Waals surface area contributed by atoms with Crippen LogP contribution in [0.25, 0.3) is 5.57 Å². The highest BCUT2D eigenvalue weighted by molar-refractivity contribution is 5.83. The van der Waals surface area contributed by atoms with Crippen LogP contribution in [0.1, 0.15) is 57.1 Å². The van der Waals surface area contributed by atoms with Crippen LogP contribution in [0.2, 0.25) is 0 Å². The molecule has 0 unspecified atom stereocenters. The molecule has 2 rings (SSSR count). The number of esters is 1. The molecule has 0 aromatic heterocycles. The molecule has 28 heavy (non-hydrogen) atoms. The molecule has 4 heteroatoms. The molecule has 0 aliphatic rings. The number of hydrogen-bond acceptors (Lipinski definition) is 4. The Kier molecular flexibility index (Phi) is 8.12. The SMILES string of the molecule is CCCC[C@H](C)C(CCC(=O)OC)=C(c1ccc(O)cc1)c1ccc(O)cc1. The lowest BCUT2D eigenvalue weighted by Crippen LogP contribution is -2.08. The van der Waals surface area contributed by atoms with Gasteiger partial charge in [0.1, 0.15) is 11.5 Å². The van der Waals surface area contributed by atoms with E-state index in [2.05, 4.69) is 13.8 Å². The molecular formula is C24H30O4. The Labute approximate surface area is 167 Å². The minimum Gasteiger partial charge on any atom is -0.508 e. The van der Waals surface area contributed by atoms with Crippen molar-refractivity contribution in [2.24, 2.45) is 5.92 Å². The molecular weight excluding hydrogens is 352 g/mol. The molecule has 0 spiro atoms. The van der Waals surface area contributed by atoms with Crippen LogP contribution in [-0.4, -0.2) is 23.3 Å². The van der Waals surface area contributed by atoms with Gasteiger partial charge in [0, 0.05) is 6.42 Å². The number of rotatable bonds is 9. The summed E-state index contributed by atoms with van der Waals surface area (Å²) in [5.41, 5.74) is 4.20. The number of methoxy groups -OCH3 is 1. The average Bonchev–Trinajstić information content (AvgIpc) is 2.71. The molecule has 0 amide bonds. The van der Waals surface area contributed by atoms with Crippen molar-refractivity contribution in [2.45, 2.75) is 46.0 Å². The molecule has 0 bridgehead atoms. The highest BCUT2D eigenvalue weighted by Gasteiger charge is 2.19. The second-order valence-corrected chi connectivity index (χ2v) is 7.11. The van der Waals surface area contributed by atoms with Crippen molar-refractivity contribution in [3.8, 4) is 11.5 Å². The fraction of sp³-hybridized carbons (Fsp3) is 0.375. The maximum absolute atomic E-state index is 11.8. The first kappa shape index (κ1) is 21.5. The lowest BCUT2D eigenvalue weighted by molar-refractivity contribution is -0.140. The lowest BCUT2D eigenvalue weighted by Gasteiger charge is -2.22. The Morgan fingerprint density at radius 2 is 1.43 bits per heavy atom. The third kappa shape index (κ3) is 5.88. The minimum absolute atomic E-state index is 0.212. The molecule has 0 aliphatic heterocycles. The zero-order chi connectivity index (χ0) is 20.5. The molecule has 0 aliphatic carbocycles. The number of hydrogen-bond donors (Lipinski definition) is 2. The Hall–Kier alpha value is -2.75. The Balaban J connectivity index is 2.60. The summed E-state index contributed by atoms with van der Waals surface area (Å²) in [6, 6.07) is 14.2. The van der Waals surface area contributed by atoms with Gasteiger partial charge in [-0.25, -0.2) is 0 Å². The highest BCUT2D eigenvalue weighted by atomic mass is 16.5. The van der Waals surface area contributed by atoms with Gasteiger partial charge in [0.25, 0.3) is 0 Å². The van der Waals surface area contributed by atoms with Crippen LogP contribution >= 0.6 is 0 Å². The fourth-order valence-electron chi connectivity index (χ4n) is 3.43. The van der Waals surface area contributed by atoms with E-state index in [0.29, 0.717) is 18.8 Å². The number of benzene rings is 2. The van der Waals surface area contributed by atoms with Crippen molar-refractivity contribution in [1.29, 1.82) is 0 Å². The Bertz CT molecular complexity index is 741. The van der Waals surface area contributed by atoms with E-state index >= 15 is 0 Å². The van der Waals surface area contributed by atoms with Gasteiger partial charge in [-0.1, -0.05) is 56.5 Å². The molecule has 2 aromatic carbocycles. The fourth-order valence-corrected chi connectivity index (χ4v) is 3.43. The molecule has 2 N–H and O–H groups in total. The molecule has 150 valence electrons. The summed E-state index contributed by atoms with van der Waals surface area (Å²) in [4.78, 5) is 11.8. The predicted octanol–water partition coefficient (Wildman–Crippen LogP) is 5.68. The maximum Gasteiger partial charge on any atom is 0.305 e. The zero-order valence-electron chi connectivity index (χ0n) is 16.9. The van der Waals surface area contributed by atoms with E-state index in [1.807, 2.05) is 24.3 Å². The predicted molar refractivity (Wildman–Crippen MR) is 112 cm³/mol. The van der Waals surface area contributed by atoms with Gasteiger partial charge in [0.05, 0.1) is 7.11 Å². The Morgan fingerprint density at radius 3 is 1.86 bits per heavy atom. The number of allylic oxidation sites excluding steroid dienone is 1. The van der Waals surface area contributed by atoms with Gasteiger partial charge in [-0.15, -0.1) is 0 Å². The quantitative estimate of drug-likeness (QED) is 0.548. The number of carbonyl (C=O) groups is 1. The summed E-state index contributed by atoms with van der Waals surface area (Å²) in [6.07, 6.45) is 4.19. The number of carbonyl (C=O) groups excluding carboxylic acids is 1. The van der Waals surface area contributed by atoms with Gasteiger partial charge in [-0.05, 0) is 59.7 Å². The summed E-state index contributed by atoms with van der Waals surface area (Å²) in [6.45, 7) is 4.37. The van der Waals surface area contributed by atoms with E-state index in [4.69, 9.17) is 4.74 Å². The van der Waals surface area contributed by atoms with Crippen molar-refractivity contribution in [2.75, 3.05) is 7.11 Å². The van der Waals surface area contributed by atoms with Gasteiger partial charge < -0.3 is 14.9 Å². The number of aromatic hydroxyl groups is 2.